The van der Waals surface area contributed by atoms with Gasteiger partial charge in [0.25, 0.3) is 0 Å². The summed E-state index contributed by atoms with van der Waals surface area (Å²) in [4.78, 5) is 3.79. The molecule has 2 atom stereocenters. The normalized spacial score (nSPS) is 32.0. The molecule has 2 fully saturated rings. The molecule has 6 heteroatoms. The van der Waals surface area contributed by atoms with E-state index in [0.717, 1.165) is 25.9 Å². The molecule has 0 spiro atoms. The van der Waals surface area contributed by atoms with Gasteiger partial charge in [-0.1, -0.05) is 0 Å². The number of likely N-dealkylation sites (N-methyl/N-ethyl adjacent to an activating group) is 1. The molecule has 0 bridgehead atoms. The lowest BCUT2D eigenvalue weighted by Crippen LogP contribution is -2.48. The monoisotopic (exact) mass is 265 g/mol. The fourth-order valence-corrected chi connectivity index (χ4v) is 3.00. The summed E-state index contributed by atoms with van der Waals surface area (Å²) in [6, 6.07) is 0.670. The molecule has 2 saturated heterocycles. The van der Waals surface area contributed by atoms with Gasteiger partial charge in [-0.15, -0.1) is 0 Å². The molecule has 2 aliphatic heterocycles. The van der Waals surface area contributed by atoms with E-state index in [-0.39, 0.29) is 6.04 Å². The molecule has 2 rings (SSSR count). The second-order valence-corrected chi connectivity index (χ2v) is 5.60. The lowest BCUT2D eigenvalue weighted by Gasteiger charge is -2.32. The van der Waals surface area contributed by atoms with E-state index in [4.69, 9.17) is 0 Å². The van der Waals surface area contributed by atoms with Crippen molar-refractivity contribution in [3.05, 3.63) is 0 Å². The largest absolute Gasteiger partial charge is 0.401 e. The fourth-order valence-electron chi connectivity index (χ4n) is 3.00. The summed E-state index contributed by atoms with van der Waals surface area (Å²) < 4.78 is 36.8. The third kappa shape index (κ3) is 4.40. The van der Waals surface area contributed by atoms with Crippen LogP contribution in [-0.4, -0.2) is 67.8 Å². The van der Waals surface area contributed by atoms with Crippen LogP contribution in [0.3, 0.4) is 0 Å². The molecule has 0 aliphatic carbocycles. The molecule has 0 aromatic carbocycles. The van der Waals surface area contributed by atoms with Crippen molar-refractivity contribution in [3.63, 3.8) is 0 Å². The lowest BCUT2D eigenvalue weighted by atomic mass is 10.1. The van der Waals surface area contributed by atoms with Crippen LogP contribution in [0.25, 0.3) is 0 Å². The maximum atomic E-state index is 12.3. The number of halogens is 3. The topological polar surface area (TPSA) is 18.5 Å². The van der Waals surface area contributed by atoms with Crippen LogP contribution in [0.4, 0.5) is 13.2 Å². The van der Waals surface area contributed by atoms with Crippen LogP contribution in [0.5, 0.6) is 0 Å². The standard InChI is InChI=1S/C12H22F3N3/c1-17-5-2-3-10(7-17)16-11-4-6-18(8-11)9-12(13,14)15/h10-11,16H,2-9H2,1H3/t10-,11+/m1/s1. The van der Waals surface area contributed by atoms with Gasteiger partial charge in [0.15, 0.2) is 0 Å². The average molecular weight is 265 g/mol. The second-order valence-electron chi connectivity index (χ2n) is 5.60. The first kappa shape index (κ1) is 14.1. The Hall–Kier alpha value is -0.330. The molecule has 0 aromatic rings. The predicted octanol–water partition coefficient (Wildman–Crippen LogP) is 1.31. The Bertz CT molecular complexity index is 270. The van der Waals surface area contributed by atoms with Gasteiger partial charge in [-0.3, -0.25) is 4.90 Å². The molecular formula is C12H22F3N3. The number of likely N-dealkylation sites (tertiary alicyclic amines) is 2. The minimum Gasteiger partial charge on any atom is -0.309 e. The van der Waals surface area contributed by atoms with Gasteiger partial charge in [-0.05, 0) is 32.9 Å². The number of nitrogens with one attached hydrogen (secondary N) is 1. The van der Waals surface area contributed by atoms with E-state index >= 15 is 0 Å². The molecule has 2 aliphatic rings. The molecule has 0 amide bonds. The Morgan fingerprint density at radius 2 is 1.83 bits per heavy atom. The zero-order valence-electron chi connectivity index (χ0n) is 10.8. The van der Waals surface area contributed by atoms with E-state index in [1.807, 2.05) is 0 Å². The zero-order valence-corrected chi connectivity index (χ0v) is 10.8. The summed E-state index contributed by atoms with van der Waals surface area (Å²) in [5.74, 6) is 0. The van der Waals surface area contributed by atoms with Gasteiger partial charge in [0.2, 0.25) is 0 Å². The highest BCUT2D eigenvalue weighted by Crippen LogP contribution is 2.20. The van der Waals surface area contributed by atoms with Crippen molar-refractivity contribution in [3.8, 4) is 0 Å². The maximum absolute atomic E-state index is 12.3. The van der Waals surface area contributed by atoms with Gasteiger partial charge >= 0.3 is 6.18 Å². The van der Waals surface area contributed by atoms with Crippen molar-refractivity contribution in [2.24, 2.45) is 0 Å². The first-order valence-corrected chi connectivity index (χ1v) is 6.66. The van der Waals surface area contributed by atoms with Crippen molar-refractivity contribution < 1.29 is 13.2 Å². The first-order chi connectivity index (χ1) is 8.42. The fraction of sp³-hybridized carbons (Fsp3) is 1.00. The van der Waals surface area contributed by atoms with Crippen LogP contribution in [-0.2, 0) is 0 Å². The van der Waals surface area contributed by atoms with Gasteiger partial charge in [0.1, 0.15) is 0 Å². The number of hydrogen-bond acceptors (Lipinski definition) is 3. The third-order valence-electron chi connectivity index (χ3n) is 3.77. The number of hydrogen-bond donors (Lipinski definition) is 1. The maximum Gasteiger partial charge on any atom is 0.401 e. The van der Waals surface area contributed by atoms with Crippen LogP contribution >= 0.6 is 0 Å². The quantitative estimate of drug-likeness (QED) is 0.830. The molecule has 0 radical (unpaired) electrons. The van der Waals surface area contributed by atoms with Crippen molar-refractivity contribution in [1.29, 1.82) is 0 Å². The minimum absolute atomic E-state index is 0.226. The molecular weight excluding hydrogens is 243 g/mol. The first-order valence-electron chi connectivity index (χ1n) is 6.66. The highest BCUT2D eigenvalue weighted by atomic mass is 19.4. The van der Waals surface area contributed by atoms with Gasteiger partial charge < -0.3 is 10.2 Å². The number of alkyl halides is 3. The van der Waals surface area contributed by atoms with Crippen LogP contribution in [0.2, 0.25) is 0 Å². The molecule has 1 N–H and O–H groups in total. The molecule has 106 valence electrons. The van der Waals surface area contributed by atoms with E-state index in [1.165, 1.54) is 11.3 Å². The van der Waals surface area contributed by atoms with E-state index in [1.54, 1.807) is 0 Å². The molecule has 18 heavy (non-hydrogen) atoms. The smallest absolute Gasteiger partial charge is 0.309 e. The van der Waals surface area contributed by atoms with Crippen molar-refractivity contribution in [1.82, 2.24) is 15.1 Å². The lowest BCUT2D eigenvalue weighted by molar-refractivity contribution is -0.143. The van der Waals surface area contributed by atoms with Gasteiger partial charge in [0.05, 0.1) is 6.54 Å². The summed E-state index contributed by atoms with van der Waals surface area (Å²) >= 11 is 0. The van der Waals surface area contributed by atoms with E-state index in [0.29, 0.717) is 19.1 Å². The summed E-state index contributed by atoms with van der Waals surface area (Å²) in [5, 5.41) is 3.51. The zero-order chi connectivity index (χ0) is 13.2. The molecule has 3 nitrogen and oxygen atoms in total. The van der Waals surface area contributed by atoms with Crippen LogP contribution < -0.4 is 5.32 Å². The van der Waals surface area contributed by atoms with Gasteiger partial charge in [-0.25, -0.2) is 0 Å². The van der Waals surface area contributed by atoms with Crippen molar-refractivity contribution in [2.45, 2.75) is 37.5 Å². The van der Waals surface area contributed by atoms with Crippen molar-refractivity contribution >= 4 is 0 Å². The number of piperidine rings is 1. The van der Waals surface area contributed by atoms with Gasteiger partial charge in [0, 0.05) is 31.7 Å². The highest BCUT2D eigenvalue weighted by molar-refractivity contribution is 4.87. The summed E-state index contributed by atoms with van der Waals surface area (Å²) in [7, 11) is 2.10. The van der Waals surface area contributed by atoms with E-state index in [9.17, 15) is 13.2 Å². The second kappa shape index (κ2) is 5.75. The summed E-state index contributed by atoms with van der Waals surface area (Å²) in [6.45, 7) is 2.45. The summed E-state index contributed by atoms with van der Waals surface area (Å²) in [5.41, 5.74) is 0. The predicted molar refractivity (Wildman–Crippen MR) is 64.6 cm³/mol. The Balaban J connectivity index is 1.72. The molecule has 0 aromatic heterocycles. The van der Waals surface area contributed by atoms with E-state index in [2.05, 4.69) is 17.3 Å². The SMILES string of the molecule is CN1CCC[C@@H](N[C@H]2CCN(CC(F)(F)F)C2)C1. The Labute approximate surface area is 106 Å². The number of nitrogens with zero attached hydrogens (tertiary/aromatic N) is 2. The van der Waals surface area contributed by atoms with E-state index < -0.39 is 12.7 Å². The third-order valence-corrected chi connectivity index (χ3v) is 3.77. The Kier molecular flexibility index (Phi) is 4.50. The molecule has 0 unspecified atom stereocenters. The minimum atomic E-state index is -4.07. The van der Waals surface area contributed by atoms with Gasteiger partial charge in [-0.2, -0.15) is 13.2 Å². The Morgan fingerprint density at radius 1 is 1.11 bits per heavy atom. The van der Waals surface area contributed by atoms with Crippen LogP contribution in [0.15, 0.2) is 0 Å². The van der Waals surface area contributed by atoms with Crippen molar-refractivity contribution in [2.75, 3.05) is 39.8 Å². The molecule has 0 saturated carbocycles. The summed E-state index contributed by atoms with van der Waals surface area (Å²) in [6.07, 6.45) is -0.927. The molecule has 2 heterocycles. The number of rotatable bonds is 3. The average Bonchev–Trinajstić information content (AvgIpc) is 2.62. The highest BCUT2D eigenvalue weighted by Gasteiger charge is 2.34. The van der Waals surface area contributed by atoms with Crippen LogP contribution in [0, 0.1) is 0 Å². The van der Waals surface area contributed by atoms with Crippen LogP contribution in [0.1, 0.15) is 19.3 Å². The Morgan fingerprint density at radius 3 is 2.50 bits per heavy atom.